The van der Waals surface area contributed by atoms with E-state index < -0.39 is 5.63 Å². The molecule has 3 heterocycles. The number of hydrogen-bond donors (Lipinski definition) is 0. The van der Waals surface area contributed by atoms with Crippen molar-refractivity contribution in [3.8, 4) is 5.75 Å². The molecule has 0 spiro atoms. The maximum Gasteiger partial charge on any atom is 0.349 e. The summed E-state index contributed by atoms with van der Waals surface area (Å²) in [5.41, 5.74) is 0.729. The summed E-state index contributed by atoms with van der Waals surface area (Å²) in [5, 5.41) is 4.67. The Morgan fingerprint density at radius 1 is 1.16 bits per heavy atom. The van der Waals surface area contributed by atoms with Gasteiger partial charge in [0.15, 0.2) is 17.2 Å². The lowest BCUT2D eigenvalue weighted by molar-refractivity contribution is 0.0565. The second-order valence-corrected chi connectivity index (χ2v) is 7.44. The van der Waals surface area contributed by atoms with E-state index in [0.717, 1.165) is 5.56 Å². The van der Waals surface area contributed by atoms with Gasteiger partial charge in [-0.2, -0.15) is 4.98 Å². The van der Waals surface area contributed by atoms with Crippen LogP contribution in [-0.4, -0.2) is 41.1 Å². The van der Waals surface area contributed by atoms with Gasteiger partial charge in [-0.25, -0.2) is 4.79 Å². The van der Waals surface area contributed by atoms with Gasteiger partial charge in [-0.15, -0.1) is 0 Å². The van der Waals surface area contributed by atoms with Crippen molar-refractivity contribution in [1.29, 1.82) is 0 Å². The lowest BCUT2D eigenvalue weighted by atomic mass is 9.99. The molecule has 8 heteroatoms. The summed E-state index contributed by atoms with van der Waals surface area (Å²) in [4.78, 5) is 31.3. The van der Waals surface area contributed by atoms with Crippen LogP contribution in [-0.2, 0) is 6.42 Å². The molecule has 1 saturated heterocycles. The predicted molar refractivity (Wildman–Crippen MR) is 111 cm³/mol. The van der Waals surface area contributed by atoms with Crippen LogP contribution >= 0.6 is 0 Å². The van der Waals surface area contributed by atoms with Crippen LogP contribution in [0.25, 0.3) is 11.0 Å². The van der Waals surface area contributed by atoms with E-state index in [2.05, 4.69) is 10.1 Å². The van der Waals surface area contributed by atoms with Gasteiger partial charge in [0.05, 0.1) is 13.0 Å². The third-order valence-electron chi connectivity index (χ3n) is 5.38. The Morgan fingerprint density at radius 3 is 2.74 bits per heavy atom. The van der Waals surface area contributed by atoms with Crippen molar-refractivity contribution in [1.82, 2.24) is 15.0 Å². The van der Waals surface area contributed by atoms with Gasteiger partial charge >= 0.3 is 5.63 Å². The van der Waals surface area contributed by atoms with E-state index in [-0.39, 0.29) is 17.4 Å². The Kier molecular flexibility index (Phi) is 4.74. The number of benzene rings is 2. The fourth-order valence-corrected chi connectivity index (χ4v) is 3.68. The lowest BCUT2D eigenvalue weighted by Gasteiger charge is -2.36. The average molecular weight is 417 g/mol. The SMILES string of the molecule is COc1cccc2cc(C(=O)N3CC(c4nc(Cc5ccccc5)no4)C3)c(=O)oc12. The molecule has 1 aliphatic rings. The third kappa shape index (κ3) is 3.56. The molecule has 0 saturated carbocycles. The van der Waals surface area contributed by atoms with E-state index in [1.165, 1.54) is 7.11 Å². The van der Waals surface area contributed by atoms with Gasteiger partial charge in [-0.3, -0.25) is 4.79 Å². The zero-order valence-electron chi connectivity index (χ0n) is 16.8. The minimum absolute atomic E-state index is 0.00509. The lowest BCUT2D eigenvalue weighted by Crippen LogP contribution is -2.49. The van der Waals surface area contributed by atoms with Crippen molar-refractivity contribution >= 4 is 16.9 Å². The van der Waals surface area contributed by atoms with Crippen LogP contribution < -0.4 is 10.4 Å². The summed E-state index contributed by atoms with van der Waals surface area (Å²) >= 11 is 0. The molecule has 1 fully saturated rings. The summed E-state index contributed by atoms with van der Waals surface area (Å²) < 4.78 is 16.0. The number of carbonyl (C=O) groups excluding carboxylic acids is 1. The van der Waals surface area contributed by atoms with E-state index in [0.29, 0.717) is 47.9 Å². The van der Waals surface area contributed by atoms with E-state index in [1.807, 2.05) is 30.3 Å². The van der Waals surface area contributed by atoms with Crippen molar-refractivity contribution in [3.63, 3.8) is 0 Å². The quantitative estimate of drug-likeness (QED) is 0.460. The first-order valence-electron chi connectivity index (χ1n) is 9.89. The molecule has 0 atom stereocenters. The molecule has 0 aliphatic carbocycles. The van der Waals surface area contributed by atoms with Crippen LogP contribution in [0.2, 0.25) is 0 Å². The zero-order chi connectivity index (χ0) is 21.4. The highest BCUT2D eigenvalue weighted by Crippen LogP contribution is 2.29. The molecular weight excluding hydrogens is 398 g/mol. The molecule has 0 N–H and O–H groups in total. The summed E-state index contributed by atoms with van der Waals surface area (Å²) in [7, 11) is 1.50. The number of methoxy groups -OCH3 is 1. The molecule has 4 aromatic rings. The minimum Gasteiger partial charge on any atom is -0.493 e. The number of aromatic nitrogens is 2. The van der Waals surface area contributed by atoms with Crippen LogP contribution in [0.15, 0.2) is 68.3 Å². The first-order valence-corrected chi connectivity index (χ1v) is 9.89. The molecule has 31 heavy (non-hydrogen) atoms. The maximum absolute atomic E-state index is 12.8. The van der Waals surface area contributed by atoms with Crippen LogP contribution in [0.3, 0.4) is 0 Å². The monoisotopic (exact) mass is 417 g/mol. The molecule has 1 aliphatic heterocycles. The molecule has 0 radical (unpaired) electrons. The smallest absolute Gasteiger partial charge is 0.349 e. The number of para-hydroxylation sites is 1. The van der Waals surface area contributed by atoms with Crippen molar-refractivity contribution < 1.29 is 18.5 Å². The fraction of sp³-hybridized carbons (Fsp3) is 0.217. The van der Waals surface area contributed by atoms with Crippen molar-refractivity contribution in [2.45, 2.75) is 12.3 Å². The van der Waals surface area contributed by atoms with Gasteiger partial charge < -0.3 is 18.6 Å². The Bertz CT molecular complexity index is 1310. The van der Waals surface area contributed by atoms with Gasteiger partial charge in [-0.1, -0.05) is 47.6 Å². The van der Waals surface area contributed by atoms with Crippen LogP contribution in [0, 0.1) is 0 Å². The number of fused-ring (bicyclic) bond motifs is 1. The summed E-state index contributed by atoms with van der Waals surface area (Å²) in [6.07, 6.45) is 0.585. The number of amides is 1. The number of ether oxygens (including phenoxy) is 1. The highest BCUT2D eigenvalue weighted by atomic mass is 16.5. The maximum atomic E-state index is 12.8. The third-order valence-corrected chi connectivity index (χ3v) is 5.38. The highest BCUT2D eigenvalue weighted by molar-refractivity contribution is 5.97. The van der Waals surface area contributed by atoms with Crippen molar-refractivity contribution in [2.75, 3.05) is 20.2 Å². The molecule has 156 valence electrons. The zero-order valence-corrected chi connectivity index (χ0v) is 16.8. The van der Waals surface area contributed by atoms with Gasteiger partial charge in [0.1, 0.15) is 5.56 Å². The summed E-state index contributed by atoms with van der Waals surface area (Å²) in [5.74, 6) is 1.13. The summed E-state index contributed by atoms with van der Waals surface area (Å²) in [6.45, 7) is 0.808. The number of rotatable bonds is 5. The highest BCUT2D eigenvalue weighted by Gasteiger charge is 2.37. The van der Waals surface area contributed by atoms with E-state index in [9.17, 15) is 9.59 Å². The number of hydrogen-bond acceptors (Lipinski definition) is 7. The standard InChI is InChI=1S/C23H19N3O5/c1-29-18-9-5-8-15-11-17(23(28)30-20(15)18)22(27)26-12-16(13-26)21-24-19(25-31-21)10-14-6-3-2-4-7-14/h2-9,11,16H,10,12-13H2,1H3. The second kappa shape index (κ2) is 7.71. The normalized spacial score (nSPS) is 13.9. The molecule has 2 aromatic carbocycles. The van der Waals surface area contributed by atoms with Gasteiger partial charge in [0.25, 0.3) is 5.91 Å². The van der Waals surface area contributed by atoms with Crippen LogP contribution in [0.1, 0.15) is 33.6 Å². The first kappa shape index (κ1) is 19.0. The molecule has 8 nitrogen and oxygen atoms in total. The van der Waals surface area contributed by atoms with Crippen molar-refractivity contribution in [2.24, 2.45) is 0 Å². The topological polar surface area (TPSA) is 98.7 Å². The van der Waals surface area contributed by atoms with Gasteiger partial charge in [-0.05, 0) is 17.7 Å². The van der Waals surface area contributed by atoms with E-state index >= 15 is 0 Å². The second-order valence-electron chi connectivity index (χ2n) is 7.44. The predicted octanol–water partition coefficient (Wildman–Crippen LogP) is 3.02. The molecular formula is C23H19N3O5. The molecule has 5 rings (SSSR count). The fourth-order valence-electron chi connectivity index (χ4n) is 3.68. The van der Waals surface area contributed by atoms with E-state index in [1.54, 1.807) is 29.2 Å². The number of likely N-dealkylation sites (tertiary alicyclic amines) is 1. The Labute approximate surface area is 177 Å². The van der Waals surface area contributed by atoms with Crippen LogP contribution in [0.5, 0.6) is 5.75 Å². The minimum atomic E-state index is -0.687. The largest absolute Gasteiger partial charge is 0.493 e. The van der Waals surface area contributed by atoms with E-state index in [4.69, 9.17) is 13.7 Å². The Morgan fingerprint density at radius 2 is 1.97 bits per heavy atom. The number of carbonyl (C=O) groups is 1. The Hall–Kier alpha value is -3.94. The van der Waals surface area contributed by atoms with Gasteiger partial charge in [0.2, 0.25) is 5.89 Å². The summed E-state index contributed by atoms with van der Waals surface area (Å²) in [6, 6.07) is 16.7. The molecule has 1 amide bonds. The molecule has 0 unspecified atom stereocenters. The average Bonchev–Trinajstić information content (AvgIpc) is 3.20. The Balaban J connectivity index is 1.28. The van der Waals surface area contributed by atoms with Crippen LogP contribution in [0.4, 0.5) is 0 Å². The van der Waals surface area contributed by atoms with Crippen molar-refractivity contribution in [3.05, 3.63) is 87.9 Å². The molecule has 0 bridgehead atoms. The number of nitrogens with zero attached hydrogens (tertiary/aromatic N) is 3. The first-order chi connectivity index (χ1) is 15.1. The molecule has 2 aromatic heterocycles. The van der Waals surface area contributed by atoms with Gasteiger partial charge in [0, 0.05) is 24.9 Å².